The number of benzene rings is 1. The molecule has 0 aliphatic rings. The van der Waals surface area contributed by atoms with Crippen molar-refractivity contribution in [1.29, 1.82) is 0 Å². The summed E-state index contributed by atoms with van der Waals surface area (Å²) in [6, 6.07) is 10.2. The Morgan fingerprint density at radius 3 is 2.79 bits per heavy atom. The summed E-state index contributed by atoms with van der Waals surface area (Å²) >= 11 is 1.64. The van der Waals surface area contributed by atoms with E-state index in [2.05, 4.69) is 27.8 Å². The van der Waals surface area contributed by atoms with Crippen molar-refractivity contribution in [2.75, 3.05) is 18.4 Å². The van der Waals surface area contributed by atoms with Gasteiger partial charge in [0.15, 0.2) is 5.13 Å². The Balaban J connectivity index is 1.80. The Kier molecular flexibility index (Phi) is 4.92. The molecule has 0 aliphatic heterocycles. The van der Waals surface area contributed by atoms with E-state index in [1.165, 1.54) is 12.5 Å². The molecule has 0 atom stereocenters. The molecular formula is C14H17N3OS. The molecule has 2 N–H and O–H groups in total. The first-order valence-electron chi connectivity index (χ1n) is 6.25. The predicted molar refractivity (Wildman–Crippen MR) is 79.3 cm³/mol. The van der Waals surface area contributed by atoms with Crippen LogP contribution in [0.2, 0.25) is 0 Å². The van der Waals surface area contributed by atoms with Crippen molar-refractivity contribution in [3.8, 4) is 10.4 Å². The van der Waals surface area contributed by atoms with Gasteiger partial charge in [-0.05, 0) is 12.0 Å². The standard InChI is InChI=1S/C14H17N3OS/c1-11(18)15-8-5-9-16-14-17-10-13(19-14)12-6-3-2-4-7-12/h2-4,6-7,10H,5,8-9H2,1H3,(H,15,18)(H,16,17). The molecule has 1 heterocycles. The van der Waals surface area contributed by atoms with Gasteiger partial charge < -0.3 is 10.6 Å². The molecule has 0 saturated carbocycles. The van der Waals surface area contributed by atoms with Crippen LogP contribution >= 0.6 is 11.3 Å². The van der Waals surface area contributed by atoms with Crippen LogP contribution in [0.5, 0.6) is 0 Å². The molecule has 0 bridgehead atoms. The highest BCUT2D eigenvalue weighted by Gasteiger charge is 2.03. The number of hydrogen-bond donors (Lipinski definition) is 2. The van der Waals surface area contributed by atoms with Crippen LogP contribution in [0.4, 0.5) is 5.13 Å². The summed E-state index contributed by atoms with van der Waals surface area (Å²) in [5.74, 6) is 0.0145. The van der Waals surface area contributed by atoms with Crippen LogP contribution in [0, 0.1) is 0 Å². The lowest BCUT2D eigenvalue weighted by atomic mass is 10.2. The van der Waals surface area contributed by atoms with Gasteiger partial charge >= 0.3 is 0 Å². The molecule has 0 unspecified atom stereocenters. The van der Waals surface area contributed by atoms with E-state index in [-0.39, 0.29) is 5.91 Å². The molecule has 100 valence electrons. The molecular weight excluding hydrogens is 258 g/mol. The molecule has 5 heteroatoms. The summed E-state index contributed by atoms with van der Waals surface area (Å²) in [4.78, 5) is 16.2. The lowest BCUT2D eigenvalue weighted by Crippen LogP contribution is -2.22. The third kappa shape index (κ3) is 4.37. The fourth-order valence-corrected chi connectivity index (χ4v) is 2.49. The minimum atomic E-state index is 0.0145. The number of aromatic nitrogens is 1. The summed E-state index contributed by atoms with van der Waals surface area (Å²) in [7, 11) is 0. The van der Waals surface area contributed by atoms with E-state index < -0.39 is 0 Å². The number of rotatable bonds is 6. The zero-order valence-electron chi connectivity index (χ0n) is 10.8. The highest BCUT2D eigenvalue weighted by atomic mass is 32.1. The average Bonchev–Trinajstić information content (AvgIpc) is 2.88. The third-order valence-electron chi connectivity index (χ3n) is 2.57. The zero-order valence-corrected chi connectivity index (χ0v) is 11.7. The van der Waals surface area contributed by atoms with Crippen LogP contribution in [0.15, 0.2) is 36.5 Å². The smallest absolute Gasteiger partial charge is 0.216 e. The van der Waals surface area contributed by atoms with Crippen LogP contribution in [0.25, 0.3) is 10.4 Å². The van der Waals surface area contributed by atoms with Crippen molar-refractivity contribution in [2.24, 2.45) is 0 Å². The number of nitrogens with zero attached hydrogens (tertiary/aromatic N) is 1. The van der Waals surface area contributed by atoms with Crippen LogP contribution in [0.1, 0.15) is 13.3 Å². The Labute approximate surface area is 116 Å². The van der Waals surface area contributed by atoms with Crippen LogP contribution < -0.4 is 10.6 Å². The first kappa shape index (κ1) is 13.5. The maximum absolute atomic E-state index is 10.7. The molecule has 1 amide bonds. The molecule has 1 aromatic heterocycles. The van der Waals surface area contributed by atoms with E-state index >= 15 is 0 Å². The molecule has 2 rings (SSSR count). The van der Waals surface area contributed by atoms with Gasteiger partial charge in [-0.3, -0.25) is 4.79 Å². The van der Waals surface area contributed by atoms with Gasteiger partial charge in [-0.1, -0.05) is 41.7 Å². The lowest BCUT2D eigenvalue weighted by molar-refractivity contribution is -0.118. The lowest BCUT2D eigenvalue weighted by Gasteiger charge is -2.03. The molecule has 0 radical (unpaired) electrons. The second-order valence-corrected chi connectivity index (χ2v) is 5.19. The number of hydrogen-bond acceptors (Lipinski definition) is 4. The SMILES string of the molecule is CC(=O)NCCCNc1ncc(-c2ccccc2)s1. The van der Waals surface area contributed by atoms with E-state index in [1.807, 2.05) is 24.4 Å². The van der Waals surface area contributed by atoms with Gasteiger partial charge in [0.1, 0.15) is 0 Å². The van der Waals surface area contributed by atoms with Gasteiger partial charge in [0.05, 0.1) is 4.88 Å². The van der Waals surface area contributed by atoms with Gasteiger partial charge in [-0.25, -0.2) is 4.98 Å². The molecule has 19 heavy (non-hydrogen) atoms. The van der Waals surface area contributed by atoms with E-state index in [9.17, 15) is 4.79 Å². The number of carbonyl (C=O) groups is 1. The highest BCUT2D eigenvalue weighted by Crippen LogP contribution is 2.28. The van der Waals surface area contributed by atoms with E-state index in [1.54, 1.807) is 11.3 Å². The molecule has 4 nitrogen and oxygen atoms in total. The van der Waals surface area contributed by atoms with E-state index in [0.29, 0.717) is 6.54 Å². The largest absolute Gasteiger partial charge is 0.361 e. The predicted octanol–water partition coefficient (Wildman–Crippen LogP) is 2.75. The fourth-order valence-electron chi connectivity index (χ4n) is 1.64. The minimum absolute atomic E-state index is 0.0145. The number of amides is 1. The van der Waals surface area contributed by atoms with Gasteiger partial charge in [-0.2, -0.15) is 0 Å². The number of carbonyl (C=O) groups excluding carboxylic acids is 1. The van der Waals surface area contributed by atoms with Crippen LogP contribution in [-0.4, -0.2) is 24.0 Å². The van der Waals surface area contributed by atoms with Gasteiger partial charge in [0.2, 0.25) is 5.91 Å². The van der Waals surface area contributed by atoms with Gasteiger partial charge in [0.25, 0.3) is 0 Å². The summed E-state index contributed by atoms with van der Waals surface area (Å²) in [6.45, 7) is 3.03. The Bertz CT molecular complexity index is 524. The van der Waals surface area contributed by atoms with Gasteiger partial charge in [-0.15, -0.1) is 0 Å². The number of thiazole rings is 1. The van der Waals surface area contributed by atoms with Crippen molar-refractivity contribution in [2.45, 2.75) is 13.3 Å². The Hall–Kier alpha value is -1.88. The zero-order chi connectivity index (χ0) is 13.5. The molecule has 0 saturated heterocycles. The van der Waals surface area contributed by atoms with E-state index in [4.69, 9.17) is 0 Å². The maximum atomic E-state index is 10.7. The first-order chi connectivity index (χ1) is 9.25. The second kappa shape index (κ2) is 6.89. The topological polar surface area (TPSA) is 54.0 Å². The quantitative estimate of drug-likeness (QED) is 0.797. The highest BCUT2D eigenvalue weighted by molar-refractivity contribution is 7.18. The van der Waals surface area contributed by atoms with Crippen molar-refractivity contribution >= 4 is 22.4 Å². The summed E-state index contributed by atoms with van der Waals surface area (Å²) in [6.07, 6.45) is 2.77. The molecule has 0 fully saturated rings. The average molecular weight is 275 g/mol. The molecule has 1 aromatic carbocycles. The van der Waals surface area contributed by atoms with Crippen molar-refractivity contribution < 1.29 is 4.79 Å². The monoisotopic (exact) mass is 275 g/mol. The van der Waals surface area contributed by atoms with Crippen molar-refractivity contribution in [3.63, 3.8) is 0 Å². The summed E-state index contributed by atoms with van der Waals surface area (Å²) in [5.41, 5.74) is 1.19. The normalized spacial score (nSPS) is 10.2. The van der Waals surface area contributed by atoms with Crippen LogP contribution in [0.3, 0.4) is 0 Å². The molecule has 0 spiro atoms. The number of anilines is 1. The van der Waals surface area contributed by atoms with Crippen molar-refractivity contribution in [1.82, 2.24) is 10.3 Å². The van der Waals surface area contributed by atoms with Crippen LogP contribution in [-0.2, 0) is 4.79 Å². The van der Waals surface area contributed by atoms with Crippen molar-refractivity contribution in [3.05, 3.63) is 36.5 Å². The third-order valence-corrected chi connectivity index (χ3v) is 3.57. The maximum Gasteiger partial charge on any atom is 0.216 e. The number of nitrogens with one attached hydrogen (secondary N) is 2. The van der Waals surface area contributed by atoms with Gasteiger partial charge in [0, 0.05) is 26.2 Å². The summed E-state index contributed by atoms with van der Waals surface area (Å²) < 4.78 is 0. The molecule has 0 aliphatic carbocycles. The fraction of sp³-hybridized carbons (Fsp3) is 0.286. The molecule has 2 aromatic rings. The Morgan fingerprint density at radius 2 is 2.05 bits per heavy atom. The minimum Gasteiger partial charge on any atom is -0.361 e. The summed E-state index contributed by atoms with van der Waals surface area (Å²) in [5, 5.41) is 6.95. The Morgan fingerprint density at radius 1 is 1.26 bits per heavy atom. The second-order valence-electron chi connectivity index (χ2n) is 4.16. The van der Waals surface area contributed by atoms with E-state index in [0.717, 1.165) is 23.0 Å². The first-order valence-corrected chi connectivity index (χ1v) is 7.07.